The van der Waals surface area contributed by atoms with E-state index in [4.69, 9.17) is 4.74 Å². The first-order valence-corrected chi connectivity index (χ1v) is 10.4. The van der Waals surface area contributed by atoms with Gasteiger partial charge in [0.2, 0.25) is 10.0 Å². The minimum atomic E-state index is -3.71. The zero-order chi connectivity index (χ0) is 16.4. The molecule has 2 rings (SSSR count). The van der Waals surface area contributed by atoms with Crippen molar-refractivity contribution in [2.75, 3.05) is 18.1 Å². The molecule has 1 unspecified atom stereocenters. The van der Waals surface area contributed by atoms with Crippen LogP contribution >= 0.6 is 0 Å². The zero-order valence-corrected chi connectivity index (χ0v) is 14.3. The van der Waals surface area contributed by atoms with Crippen molar-refractivity contribution in [1.82, 2.24) is 4.72 Å². The molecule has 8 heteroatoms. The van der Waals surface area contributed by atoms with Crippen LogP contribution in [0.25, 0.3) is 0 Å². The van der Waals surface area contributed by atoms with Gasteiger partial charge in [-0.2, -0.15) is 0 Å². The molecule has 1 fully saturated rings. The van der Waals surface area contributed by atoms with E-state index in [0.717, 1.165) is 0 Å². The summed E-state index contributed by atoms with van der Waals surface area (Å²) in [5, 5.41) is 0. The normalized spacial score (nSPS) is 21.1. The number of benzene rings is 1. The van der Waals surface area contributed by atoms with Gasteiger partial charge in [0.15, 0.2) is 9.84 Å². The Morgan fingerprint density at radius 3 is 2.41 bits per heavy atom. The molecule has 0 aromatic heterocycles. The summed E-state index contributed by atoms with van der Waals surface area (Å²) in [6.45, 7) is 4.61. The van der Waals surface area contributed by atoms with E-state index in [-0.39, 0.29) is 16.4 Å². The molecule has 0 amide bonds. The highest BCUT2D eigenvalue weighted by Gasteiger charge is 2.31. The van der Waals surface area contributed by atoms with Crippen LogP contribution in [-0.2, 0) is 19.9 Å². The molecule has 6 nitrogen and oxygen atoms in total. The number of nitrogens with one attached hydrogen (secondary N) is 1. The van der Waals surface area contributed by atoms with Crippen molar-refractivity contribution in [3.63, 3.8) is 0 Å². The standard InChI is InChI=1S/C14H21NO5S2/c1-11(2)9-20-13-3-5-14(6-4-13)22(18,19)15-12-7-8-21(16,17)10-12/h3-6,11-12,15H,7-10H2,1-2H3. The summed E-state index contributed by atoms with van der Waals surface area (Å²) in [4.78, 5) is 0.105. The number of sulfonamides is 1. The molecule has 22 heavy (non-hydrogen) atoms. The maximum absolute atomic E-state index is 12.2. The summed E-state index contributed by atoms with van der Waals surface area (Å²) < 4.78 is 55.2. The molecule has 124 valence electrons. The smallest absolute Gasteiger partial charge is 0.240 e. The van der Waals surface area contributed by atoms with Gasteiger partial charge in [0.1, 0.15) is 5.75 Å². The topological polar surface area (TPSA) is 89.5 Å². The van der Waals surface area contributed by atoms with Crippen LogP contribution in [0.4, 0.5) is 0 Å². The number of hydrogen-bond acceptors (Lipinski definition) is 5. The van der Waals surface area contributed by atoms with Gasteiger partial charge in [0, 0.05) is 6.04 Å². The summed E-state index contributed by atoms with van der Waals surface area (Å²) in [6.07, 6.45) is 0.317. The number of rotatable bonds is 6. The van der Waals surface area contributed by atoms with Gasteiger partial charge in [-0.25, -0.2) is 21.6 Å². The van der Waals surface area contributed by atoms with E-state index < -0.39 is 25.9 Å². The highest BCUT2D eigenvalue weighted by atomic mass is 32.2. The SMILES string of the molecule is CC(C)COc1ccc(S(=O)(=O)NC2CCS(=O)(=O)C2)cc1. The number of hydrogen-bond donors (Lipinski definition) is 1. The van der Waals surface area contributed by atoms with Gasteiger partial charge in [-0.1, -0.05) is 13.8 Å². The first-order chi connectivity index (χ1) is 10.2. The van der Waals surface area contributed by atoms with Crippen molar-refractivity contribution in [1.29, 1.82) is 0 Å². The summed E-state index contributed by atoms with van der Waals surface area (Å²) in [6, 6.07) is 5.57. The van der Waals surface area contributed by atoms with E-state index in [9.17, 15) is 16.8 Å². The van der Waals surface area contributed by atoms with Crippen LogP contribution in [-0.4, -0.2) is 41.0 Å². The van der Waals surface area contributed by atoms with Gasteiger partial charge in [-0.05, 0) is 36.6 Å². The Kier molecular flexibility index (Phi) is 5.14. The van der Waals surface area contributed by atoms with Crippen molar-refractivity contribution in [2.24, 2.45) is 5.92 Å². The quantitative estimate of drug-likeness (QED) is 0.835. The van der Waals surface area contributed by atoms with Crippen molar-refractivity contribution in [3.8, 4) is 5.75 Å². The maximum atomic E-state index is 12.2. The lowest BCUT2D eigenvalue weighted by molar-refractivity contribution is 0.271. The highest BCUT2D eigenvalue weighted by Crippen LogP contribution is 2.19. The number of sulfone groups is 1. The lowest BCUT2D eigenvalue weighted by Gasteiger charge is -2.12. The maximum Gasteiger partial charge on any atom is 0.240 e. The summed E-state index contributed by atoms with van der Waals surface area (Å²) >= 11 is 0. The summed E-state index contributed by atoms with van der Waals surface area (Å²) in [5.74, 6) is 0.884. The van der Waals surface area contributed by atoms with Gasteiger partial charge < -0.3 is 4.74 Å². The highest BCUT2D eigenvalue weighted by molar-refractivity contribution is 7.92. The second-order valence-electron chi connectivity index (χ2n) is 5.90. The molecule has 0 saturated carbocycles. The largest absolute Gasteiger partial charge is 0.493 e. The minimum Gasteiger partial charge on any atom is -0.493 e. The third-order valence-corrected chi connectivity index (χ3v) is 6.58. The molecule has 0 aliphatic carbocycles. The monoisotopic (exact) mass is 347 g/mol. The lowest BCUT2D eigenvalue weighted by Crippen LogP contribution is -2.35. The minimum absolute atomic E-state index is 0.0299. The van der Waals surface area contributed by atoms with Crippen LogP contribution in [0.5, 0.6) is 5.75 Å². The average molecular weight is 347 g/mol. The molecule has 1 aliphatic heterocycles. The second kappa shape index (κ2) is 6.55. The van der Waals surface area contributed by atoms with E-state index >= 15 is 0 Å². The van der Waals surface area contributed by atoms with Crippen LogP contribution in [0.3, 0.4) is 0 Å². The first-order valence-electron chi connectivity index (χ1n) is 7.13. The predicted octanol–water partition coefficient (Wildman–Crippen LogP) is 1.19. The Bertz CT molecular complexity index is 708. The van der Waals surface area contributed by atoms with E-state index in [0.29, 0.717) is 24.7 Å². The molecule has 0 spiro atoms. The Labute approximate surface area is 131 Å². The van der Waals surface area contributed by atoms with Crippen molar-refractivity contribution >= 4 is 19.9 Å². The van der Waals surface area contributed by atoms with Gasteiger partial charge in [0.05, 0.1) is 23.0 Å². The molecule has 1 aromatic rings. The Morgan fingerprint density at radius 1 is 1.27 bits per heavy atom. The van der Waals surface area contributed by atoms with Crippen LogP contribution in [0.1, 0.15) is 20.3 Å². The van der Waals surface area contributed by atoms with Crippen LogP contribution in [0.2, 0.25) is 0 Å². The average Bonchev–Trinajstić information content (AvgIpc) is 2.75. The third-order valence-electron chi connectivity index (χ3n) is 3.27. The Hall–Kier alpha value is -1.12. The van der Waals surface area contributed by atoms with E-state index in [2.05, 4.69) is 4.72 Å². The molecule has 0 radical (unpaired) electrons. The summed E-state index contributed by atoms with van der Waals surface area (Å²) in [5.41, 5.74) is 0. The molecule has 1 saturated heterocycles. The van der Waals surface area contributed by atoms with Gasteiger partial charge >= 0.3 is 0 Å². The Balaban J connectivity index is 2.03. The van der Waals surface area contributed by atoms with Crippen LogP contribution in [0.15, 0.2) is 29.2 Å². The zero-order valence-electron chi connectivity index (χ0n) is 12.7. The molecular formula is C14H21NO5S2. The van der Waals surface area contributed by atoms with Crippen LogP contribution < -0.4 is 9.46 Å². The first kappa shape index (κ1) is 17.2. The van der Waals surface area contributed by atoms with Gasteiger partial charge in [-0.15, -0.1) is 0 Å². The van der Waals surface area contributed by atoms with E-state index in [1.165, 1.54) is 12.1 Å². The molecule has 1 atom stereocenters. The summed E-state index contributed by atoms with van der Waals surface area (Å²) in [7, 11) is -6.83. The second-order valence-corrected chi connectivity index (χ2v) is 9.84. The van der Waals surface area contributed by atoms with Crippen molar-refractivity contribution in [3.05, 3.63) is 24.3 Å². The van der Waals surface area contributed by atoms with Crippen molar-refractivity contribution in [2.45, 2.75) is 31.2 Å². The molecule has 1 aromatic carbocycles. The van der Waals surface area contributed by atoms with Gasteiger partial charge in [0.25, 0.3) is 0 Å². The fourth-order valence-electron chi connectivity index (χ4n) is 2.15. The predicted molar refractivity (Wildman–Crippen MR) is 84.2 cm³/mol. The third kappa shape index (κ3) is 4.69. The molecule has 0 bridgehead atoms. The molecular weight excluding hydrogens is 326 g/mol. The molecule has 1 N–H and O–H groups in total. The molecule has 1 heterocycles. The van der Waals surface area contributed by atoms with E-state index in [1.54, 1.807) is 12.1 Å². The number of ether oxygens (including phenoxy) is 1. The van der Waals surface area contributed by atoms with Gasteiger partial charge in [-0.3, -0.25) is 0 Å². The Morgan fingerprint density at radius 2 is 1.91 bits per heavy atom. The van der Waals surface area contributed by atoms with Crippen molar-refractivity contribution < 1.29 is 21.6 Å². The fraction of sp³-hybridized carbons (Fsp3) is 0.571. The van der Waals surface area contributed by atoms with Crippen LogP contribution in [0, 0.1) is 5.92 Å². The van der Waals surface area contributed by atoms with E-state index in [1.807, 2.05) is 13.8 Å². The molecule has 1 aliphatic rings. The fourth-order valence-corrected chi connectivity index (χ4v) is 5.20. The lowest BCUT2D eigenvalue weighted by atomic mass is 10.2.